The Morgan fingerprint density at radius 2 is 1.60 bits per heavy atom. The molecule has 10 rings (SSSR count). The van der Waals surface area contributed by atoms with Crippen LogP contribution in [0, 0.1) is 11.7 Å². The van der Waals surface area contributed by atoms with Gasteiger partial charge in [-0.1, -0.05) is 36.4 Å². The van der Waals surface area contributed by atoms with Gasteiger partial charge in [0.1, 0.15) is 17.5 Å². The second-order valence-electron chi connectivity index (χ2n) is 18.9. The molecule has 0 radical (unpaired) electrons. The van der Waals surface area contributed by atoms with Crippen LogP contribution in [0.1, 0.15) is 126 Å². The van der Waals surface area contributed by atoms with Crippen molar-refractivity contribution in [3.05, 3.63) is 111 Å². The third kappa shape index (κ3) is 7.06. The van der Waals surface area contributed by atoms with Gasteiger partial charge < -0.3 is 9.88 Å². The standard InChI is InChI=1S/C49H52F2N6O5/c1-27-20-36-34-6-4-5-7-40(34)52-43(36)44(56(27)26-49(2,3)51)35-13-12-30(23-39(35)50)28-8-10-29(11-9-28)46(60)54-18-16-33(17-19-54)55-24-31-21-37-38(22-32(31)25-55)48(62)57(47(37)61)41-14-15-42(58)53-45(41)59/h4-8,12-13,21-23,27,29,33,41,44,52H,9-11,14-20,24-26H2,1-3H3,(H,53,58,59)/t27-,29?,41?,44-/m1/s1. The number of alkyl halides is 1. The van der Waals surface area contributed by atoms with Crippen LogP contribution in [0.25, 0.3) is 16.5 Å². The number of benzene rings is 3. The fourth-order valence-electron chi connectivity index (χ4n) is 11.2. The van der Waals surface area contributed by atoms with Crippen molar-refractivity contribution in [1.29, 1.82) is 0 Å². The highest BCUT2D eigenvalue weighted by atomic mass is 19.1. The topological polar surface area (TPSA) is 126 Å². The van der Waals surface area contributed by atoms with Gasteiger partial charge in [-0.15, -0.1) is 0 Å². The lowest BCUT2D eigenvalue weighted by molar-refractivity contribution is -0.138. The predicted octanol–water partition coefficient (Wildman–Crippen LogP) is 6.98. The summed E-state index contributed by atoms with van der Waals surface area (Å²) in [5, 5.41) is 3.37. The van der Waals surface area contributed by atoms with Gasteiger partial charge in [0.15, 0.2) is 0 Å². The Morgan fingerprint density at radius 1 is 0.887 bits per heavy atom. The van der Waals surface area contributed by atoms with Crippen LogP contribution in [0.5, 0.6) is 0 Å². The van der Waals surface area contributed by atoms with E-state index >= 15 is 8.78 Å². The van der Waals surface area contributed by atoms with Crippen LogP contribution in [0.4, 0.5) is 8.78 Å². The van der Waals surface area contributed by atoms with Gasteiger partial charge in [-0.2, -0.15) is 0 Å². The van der Waals surface area contributed by atoms with Crippen LogP contribution in [0.15, 0.2) is 60.7 Å². The second-order valence-corrected chi connectivity index (χ2v) is 18.9. The number of carbonyl (C=O) groups is 5. The first-order valence-electron chi connectivity index (χ1n) is 22.2. The lowest BCUT2D eigenvalue weighted by atomic mass is 9.84. The largest absolute Gasteiger partial charge is 0.357 e. The second kappa shape index (κ2) is 15.4. The number of fused-ring (bicyclic) bond motifs is 5. The van der Waals surface area contributed by atoms with Crippen molar-refractivity contribution in [3.8, 4) is 0 Å². The van der Waals surface area contributed by atoms with Gasteiger partial charge in [-0.05, 0) is 118 Å². The number of nitrogens with one attached hydrogen (secondary N) is 2. The van der Waals surface area contributed by atoms with Gasteiger partial charge in [0, 0.05) is 79.3 Å². The molecule has 5 amide bonds. The summed E-state index contributed by atoms with van der Waals surface area (Å²) in [6.07, 6.45) is 6.65. The van der Waals surface area contributed by atoms with Crippen molar-refractivity contribution in [2.75, 3.05) is 19.6 Å². The molecule has 13 heteroatoms. The van der Waals surface area contributed by atoms with Crippen molar-refractivity contribution < 1.29 is 32.8 Å². The van der Waals surface area contributed by atoms with Crippen LogP contribution in [0.3, 0.4) is 0 Å². The van der Waals surface area contributed by atoms with Crippen LogP contribution in [-0.2, 0) is 33.9 Å². The molecule has 3 aromatic carbocycles. The van der Waals surface area contributed by atoms with Crippen LogP contribution in [-0.4, -0.2) is 97.5 Å². The first-order valence-corrected chi connectivity index (χ1v) is 22.2. The van der Waals surface area contributed by atoms with Gasteiger partial charge in [-0.3, -0.25) is 44.0 Å². The Kier molecular flexibility index (Phi) is 10.1. The summed E-state index contributed by atoms with van der Waals surface area (Å²) in [7, 11) is 0. The van der Waals surface area contributed by atoms with Gasteiger partial charge in [0.2, 0.25) is 17.7 Å². The third-order valence-corrected chi connectivity index (χ3v) is 14.3. The van der Waals surface area contributed by atoms with Crippen LogP contribution >= 0.6 is 0 Å². The number of imide groups is 2. The number of halogens is 2. The molecule has 6 heterocycles. The zero-order valence-electron chi connectivity index (χ0n) is 35.4. The fourth-order valence-corrected chi connectivity index (χ4v) is 11.2. The Balaban J connectivity index is 0.768. The molecule has 6 aliphatic rings. The molecule has 0 saturated carbocycles. The number of carbonyl (C=O) groups excluding carboxylic acids is 5. The number of hydrogen-bond acceptors (Lipinski definition) is 7. The Hall–Kier alpha value is -5.53. The number of aromatic nitrogens is 1. The first-order chi connectivity index (χ1) is 29.7. The van der Waals surface area contributed by atoms with Crippen LogP contribution in [0.2, 0.25) is 0 Å². The molecule has 1 aliphatic carbocycles. The summed E-state index contributed by atoms with van der Waals surface area (Å²) in [6, 6.07) is 16.0. The highest BCUT2D eigenvalue weighted by Gasteiger charge is 2.46. The molecule has 0 spiro atoms. The Bertz CT molecular complexity index is 2540. The molecule has 2 fully saturated rings. The van der Waals surface area contributed by atoms with E-state index in [0.717, 1.165) is 68.6 Å². The number of H-pyrrole nitrogens is 1. The van der Waals surface area contributed by atoms with Crippen molar-refractivity contribution in [2.24, 2.45) is 5.92 Å². The fraction of sp³-hybridized carbons (Fsp3) is 0.449. The molecule has 4 aromatic rings. The average Bonchev–Trinajstić information content (AvgIpc) is 3.91. The number of hydrogen-bond donors (Lipinski definition) is 2. The number of rotatable bonds is 7. The van der Waals surface area contributed by atoms with E-state index in [1.165, 1.54) is 0 Å². The SMILES string of the molecule is C[C@@H]1Cc2c([nH]c3ccccc23)[C@@H](c2ccc(C3=CCC(C(=O)N4CCC(N5Cc6cc7c(cc6C5)C(=O)N(C5CCC(=O)NC5=O)C7=O)CC4)CC3)cc2F)N1CC(C)(C)F. The maximum atomic E-state index is 16.5. The lowest BCUT2D eigenvalue weighted by Gasteiger charge is -2.43. The summed E-state index contributed by atoms with van der Waals surface area (Å²) in [4.78, 5) is 75.8. The molecule has 0 bridgehead atoms. The summed E-state index contributed by atoms with van der Waals surface area (Å²) in [5.74, 6) is -2.30. The van der Waals surface area contributed by atoms with Crippen molar-refractivity contribution >= 4 is 46.0 Å². The monoisotopic (exact) mass is 842 g/mol. The van der Waals surface area contributed by atoms with E-state index in [1.54, 1.807) is 32.0 Å². The summed E-state index contributed by atoms with van der Waals surface area (Å²) >= 11 is 0. The number of piperidine rings is 2. The number of likely N-dealkylation sites (tertiary alicyclic amines) is 1. The van der Waals surface area contributed by atoms with Gasteiger partial charge in [0.05, 0.1) is 17.2 Å². The highest BCUT2D eigenvalue weighted by molar-refractivity contribution is 6.23. The van der Waals surface area contributed by atoms with Crippen LogP contribution < -0.4 is 5.32 Å². The van der Waals surface area contributed by atoms with E-state index in [2.05, 4.69) is 39.2 Å². The maximum Gasteiger partial charge on any atom is 0.262 e. The molecule has 5 aliphatic heterocycles. The average molecular weight is 843 g/mol. The minimum Gasteiger partial charge on any atom is -0.357 e. The quantitative estimate of drug-likeness (QED) is 0.193. The number of para-hydroxylation sites is 1. The summed E-state index contributed by atoms with van der Waals surface area (Å²) in [5.41, 5.74) is 6.57. The molecular weight excluding hydrogens is 791 g/mol. The minimum absolute atomic E-state index is 0.00442. The van der Waals surface area contributed by atoms with E-state index in [4.69, 9.17) is 0 Å². The first kappa shape index (κ1) is 40.5. The molecule has 1 aromatic heterocycles. The van der Waals surface area contributed by atoms with Gasteiger partial charge in [-0.25, -0.2) is 8.78 Å². The number of allylic oxidation sites excluding steroid dienone is 2. The predicted molar refractivity (Wildman–Crippen MR) is 229 cm³/mol. The molecular formula is C49H52F2N6O5. The third-order valence-electron chi connectivity index (χ3n) is 14.3. The van der Waals surface area contributed by atoms with E-state index < -0.39 is 41.4 Å². The lowest BCUT2D eigenvalue weighted by Crippen LogP contribution is -2.54. The zero-order valence-corrected chi connectivity index (χ0v) is 35.4. The smallest absolute Gasteiger partial charge is 0.262 e. The van der Waals surface area contributed by atoms with Gasteiger partial charge >= 0.3 is 0 Å². The number of nitrogens with zero attached hydrogens (tertiary/aromatic N) is 4. The van der Waals surface area contributed by atoms with Gasteiger partial charge in [0.25, 0.3) is 11.8 Å². The van der Waals surface area contributed by atoms with E-state index in [1.807, 2.05) is 35.2 Å². The molecule has 2 N–H and O–H groups in total. The molecule has 322 valence electrons. The number of aromatic amines is 1. The molecule has 11 nitrogen and oxygen atoms in total. The Labute approximate surface area is 359 Å². The van der Waals surface area contributed by atoms with E-state index in [9.17, 15) is 24.0 Å². The van der Waals surface area contributed by atoms with Crippen molar-refractivity contribution in [2.45, 2.75) is 115 Å². The van der Waals surface area contributed by atoms with Crippen molar-refractivity contribution in [1.82, 2.24) is 29.9 Å². The highest BCUT2D eigenvalue weighted by Crippen LogP contribution is 2.44. The summed E-state index contributed by atoms with van der Waals surface area (Å²) < 4.78 is 31.7. The Morgan fingerprint density at radius 3 is 2.24 bits per heavy atom. The summed E-state index contributed by atoms with van der Waals surface area (Å²) in [6.45, 7) is 7.99. The minimum atomic E-state index is -1.47. The van der Waals surface area contributed by atoms with E-state index in [-0.39, 0.29) is 49.1 Å². The maximum absolute atomic E-state index is 16.5. The number of amides is 5. The zero-order chi connectivity index (χ0) is 43.2. The van der Waals surface area contributed by atoms with Crippen molar-refractivity contribution in [3.63, 3.8) is 0 Å². The molecule has 4 atom stereocenters. The normalized spacial score (nSPS) is 25.0. The van der Waals surface area contributed by atoms with E-state index in [0.29, 0.717) is 62.1 Å². The molecule has 62 heavy (non-hydrogen) atoms. The molecule has 2 unspecified atom stereocenters. The molecule has 2 saturated heterocycles.